The van der Waals surface area contributed by atoms with Crippen molar-refractivity contribution in [2.24, 2.45) is 5.92 Å². The number of carbonyl (C=O) groups is 2. The zero-order valence-electron chi connectivity index (χ0n) is 11.8. The van der Waals surface area contributed by atoms with Gasteiger partial charge in [-0.1, -0.05) is 13.0 Å². The van der Waals surface area contributed by atoms with Crippen molar-refractivity contribution in [2.75, 3.05) is 25.5 Å². The van der Waals surface area contributed by atoms with Gasteiger partial charge in [0.2, 0.25) is 5.91 Å². The van der Waals surface area contributed by atoms with Crippen LogP contribution in [0.5, 0.6) is 0 Å². The summed E-state index contributed by atoms with van der Waals surface area (Å²) in [6.45, 7) is 2.33. The molecule has 1 unspecified atom stereocenters. The van der Waals surface area contributed by atoms with Crippen LogP contribution in [-0.4, -0.2) is 42.2 Å². The van der Waals surface area contributed by atoms with Gasteiger partial charge in [-0.2, -0.15) is 0 Å². The standard InChI is InChI=1S/C14H18N4O2/c1-10(14(20)15-2)8-17(3)13-11(9-19)18-7-5-4-6-12(18)16-13/h4-7,9-10H,8H2,1-3H3,(H,15,20). The molecule has 0 aromatic carbocycles. The first-order valence-corrected chi connectivity index (χ1v) is 6.43. The van der Waals surface area contributed by atoms with Crippen LogP contribution in [0.1, 0.15) is 17.4 Å². The molecule has 6 heteroatoms. The van der Waals surface area contributed by atoms with Gasteiger partial charge in [-0.05, 0) is 12.1 Å². The van der Waals surface area contributed by atoms with E-state index in [1.807, 2.05) is 37.1 Å². The van der Waals surface area contributed by atoms with Crippen LogP contribution in [0.2, 0.25) is 0 Å². The smallest absolute Gasteiger partial charge is 0.224 e. The van der Waals surface area contributed by atoms with E-state index in [1.165, 1.54) is 0 Å². The van der Waals surface area contributed by atoms with Gasteiger partial charge in [-0.25, -0.2) is 4.98 Å². The fourth-order valence-corrected chi connectivity index (χ4v) is 2.22. The Labute approximate surface area is 117 Å². The summed E-state index contributed by atoms with van der Waals surface area (Å²) in [7, 11) is 3.44. The normalized spacial score (nSPS) is 12.2. The summed E-state index contributed by atoms with van der Waals surface area (Å²) < 4.78 is 1.74. The molecule has 0 spiro atoms. The largest absolute Gasteiger partial charge is 0.359 e. The highest BCUT2D eigenvalue weighted by molar-refractivity contribution is 5.84. The summed E-state index contributed by atoms with van der Waals surface area (Å²) >= 11 is 0. The summed E-state index contributed by atoms with van der Waals surface area (Å²) in [4.78, 5) is 29.2. The number of amides is 1. The third-order valence-corrected chi connectivity index (χ3v) is 3.26. The van der Waals surface area contributed by atoms with Crippen molar-refractivity contribution in [2.45, 2.75) is 6.92 Å². The monoisotopic (exact) mass is 274 g/mol. The summed E-state index contributed by atoms with van der Waals surface area (Å²) in [5, 5.41) is 2.62. The molecule has 0 bridgehead atoms. The zero-order chi connectivity index (χ0) is 14.7. The second-order valence-corrected chi connectivity index (χ2v) is 4.76. The second kappa shape index (κ2) is 5.73. The van der Waals surface area contributed by atoms with Gasteiger partial charge in [0.05, 0.1) is 5.92 Å². The Morgan fingerprint density at radius 3 is 2.95 bits per heavy atom. The lowest BCUT2D eigenvalue weighted by atomic mass is 10.1. The number of hydrogen-bond donors (Lipinski definition) is 1. The van der Waals surface area contributed by atoms with E-state index in [1.54, 1.807) is 17.6 Å². The molecule has 0 radical (unpaired) electrons. The molecule has 1 amide bonds. The second-order valence-electron chi connectivity index (χ2n) is 4.76. The van der Waals surface area contributed by atoms with E-state index in [-0.39, 0.29) is 11.8 Å². The lowest BCUT2D eigenvalue weighted by Crippen LogP contribution is -2.34. The maximum atomic E-state index is 11.6. The van der Waals surface area contributed by atoms with Gasteiger partial charge in [-0.3, -0.25) is 14.0 Å². The number of hydrogen-bond acceptors (Lipinski definition) is 4. The summed E-state index contributed by atoms with van der Waals surface area (Å²) in [5.41, 5.74) is 1.20. The number of rotatable bonds is 5. The Morgan fingerprint density at radius 1 is 1.55 bits per heavy atom. The van der Waals surface area contributed by atoms with E-state index in [9.17, 15) is 9.59 Å². The van der Waals surface area contributed by atoms with Crippen molar-refractivity contribution in [3.8, 4) is 0 Å². The summed E-state index contributed by atoms with van der Waals surface area (Å²) in [6.07, 6.45) is 2.59. The summed E-state index contributed by atoms with van der Waals surface area (Å²) in [6, 6.07) is 5.55. The molecule has 0 aliphatic rings. The van der Waals surface area contributed by atoms with Gasteiger partial charge < -0.3 is 10.2 Å². The van der Waals surface area contributed by atoms with Crippen LogP contribution in [-0.2, 0) is 4.79 Å². The first-order chi connectivity index (χ1) is 9.58. The predicted molar refractivity (Wildman–Crippen MR) is 77.1 cm³/mol. The van der Waals surface area contributed by atoms with Crippen molar-refractivity contribution in [3.63, 3.8) is 0 Å². The highest BCUT2D eigenvalue weighted by Gasteiger charge is 2.19. The van der Waals surface area contributed by atoms with Gasteiger partial charge in [-0.15, -0.1) is 0 Å². The van der Waals surface area contributed by atoms with Gasteiger partial charge in [0.1, 0.15) is 11.3 Å². The van der Waals surface area contributed by atoms with Crippen LogP contribution >= 0.6 is 0 Å². The Morgan fingerprint density at radius 2 is 2.30 bits per heavy atom. The molecule has 2 rings (SSSR count). The maximum absolute atomic E-state index is 11.6. The van der Waals surface area contributed by atoms with Gasteiger partial charge in [0.25, 0.3) is 0 Å². The fourth-order valence-electron chi connectivity index (χ4n) is 2.22. The van der Waals surface area contributed by atoms with Crippen LogP contribution in [0, 0.1) is 5.92 Å². The first kappa shape index (κ1) is 14.0. The Bertz CT molecular complexity index is 635. The molecular weight excluding hydrogens is 256 g/mol. The third-order valence-electron chi connectivity index (χ3n) is 3.26. The van der Waals surface area contributed by atoms with Gasteiger partial charge in [0, 0.05) is 26.8 Å². The minimum absolute atomic E-state index is 0.0340. The molecule has 6 nitrogen and oxygen atoms in total. The van der Waals surface area contributed by atoms with E-state index < -0.39 is 0 Å². The van der Waals surface area contributed by atoms with E-state index in [0.29, 0.717) is 23.7 Å². The van der Waals surface area contributed by atoms with Gasteiger partial charge in [0.15, 0.2) is 12.1 Å². The predicted octanol–water partition coefficient (Wildman–Crippen LogP) is 0.965. The van der Waals surface area contributed by atoms with Gasteiger partial charge >= 0.3 is 0 Å². The molecule has 0 aliphatic carbocycles. The SMILES string of the molecule is CNC(=O)C(C)CN(C)c1nc2ccccn2c1C=O. The molecule has 0 aliphatic heterocycles. The minimum Gasteiger partial charge on any atom is -0.359 e. The summed E-state index contributed by atoms with van der Waals surface area (Å²) in [5.74, 6) is 0.365. The quantitative estimate of drug-likeness (QED) is 0.825. The fraction of sp³-hybridized carbons (Fsp3) is 0.357. The number of nitrogens with zero attached hydrogens (tertiary/aromatic N) is 3. The Kier molecular flexibility index (Phi) is 4.02. The first-order valence-electron chi connectivity index (χ1n) is 6.43. The molecular formula is C14H18N4O2. The zero-order valence-corrected chi connectivity index (χ0v) is 11.8. The van der Waals surface area contributed by atoms with Crippen molar-refractivity contribution in [1.82, 2.24) is 14.7 Å². The van der Waals surface area contributed by atoms with Crippen LogP contribution in [0.15, 0.2) is 24.4 Å². The number of carbonyl (C=O) groups excluding carboxylic acids is 2. The Balaban J connectivity index is 2.32. The van der Waals surface area contributed by atoms with Crippen molar-refractivity contribution in [3.05, 3.63) is 30.1 Å². The number of fused-ring (bicyclic) bond motifs is 1. The maximum Gasteiger partial charge on any atom is 0.224 e. The molecule has 0 saturated heterocycles. The molecule has 2 aromatic rings. The minimum atomic E-state index is -0.186. The number of nitrogens with one attached hydrogen (secondary N) is 1. The lowest BCUT2D eigenvalue weighted by Gasteiger charge is -2.20. The van der Waals surface area contributed by atoms with E-state index in [2.05, 4.69) is 10.3 Å². The molecule has 0 saturated carbocycles. The third kappa shape index (κ3) is 2.49. The average molecular weight is 274 g/mol. The van der Waals surface area contributed by atoms with Crippen LogP contribution < -0.4 is 10.2 Å². The molecule has 0 fully saturated rings. The van der Waals surface area contributed by atoms with Crippen LogP contribution in [0.4, 0.5) is 5.82 Å². The van der Waals surface area contributed by atoms with Crippen molar-refractivity contribution < 1.29 is 9.59 Å². The van der Waals surface area contributed by atoms with E-state index >= 15 is 0 Å². The number of aromatic nitrogens is 2. The molecule has 2 aromatic heterocycles. The molecule has 1 N–H and O–H groups in total. The Hall–Kier alpha value is -2.37. The van der Waals surface area contributed by atoms with E-state index in [0.717, 1.165) is 6.29 Å². The number of imidazole rings is 1. The molecule has 1 atom stereocenters. The van der Waals surface area contributed by atoms with Crippen LogP contribution in [0.25, 0.3) is 5.65 Å². The molecule has 20 heavy (non-hydrogen) atoms. The van der Waals surface area contributed by atoms with E-state index in [4.69, 9.17) is 0 Å². The van der Waals surface area contributed by atoms with Crippen LogP contribution in [0.3, 0.4) is 0 Å². The molecule has 106 valence electrons. The van der Waals surface area contributed by atoms with Crippen molar-refractivity contribution >= 4 is 23.7 Å². The lowest BCUT2D eigenvalue weighted by molar-refractivity contribution is -0.123. The average Bonchev–Trinajstić information content (AvgIpc) is 2.84. The topological polar surface area (TPSA) is 66.7 Å². The molecule has 2 heterocycles. The highest BCUT2D eigenvalue weighted by Crippen LogP contribution is 2.20. The number of pyridine rings is 1. The highest BCUT2D eigenvalue weighted by atomic mass is 16.1. The number of anilines is 1. The van der Waals surface area contributed by atoms with Crippen molar-refractivity contribution in [1.29, 1.82) is 0 Å². The number of aldehydes is 1.